The third kappa shape index (κ3) is 5.54. The number of nitrogens with one attached hydrogen (secondary N) is 1. The molecule has 4 nitrogen and oxygen atoms in total. The largest absolute Gasteiger partial charge is 0.497 e. The van der Waals surface area contributed by atoms with Gasteiger partial charge in [0.2, 0.25) is 5.91 Å². The van der Waals surface area contributed by atoms with Crippen LogP contribution >= 0.6 is 0 Å². The number of methoxy groups -OCH3 is 1. The minimum Gasteiger partial charge on any atom is -0.497 e. The van der Waals surface area contributed by atoms with Crippen molar-refractivity contribution < 1.29 is 14.3 Å². The summed E-state index contributed by atoms with van der Waals surface area (Å²) < 4.78 is 5.06. The summed E-state index contributed by atoms with van der Waals surface area (Å²) in [6, 6.07) is 15.1. The molecule has 0 saturated carbocycles. The second kappa shape index (κ2) is 8.87. The number of rotatable bonds is 8. The number of carbonyl (C=O) groups excluding carboxylic acids is 2. The molecule has 2 aromatic rings. The van der Waals surface area contributed by atoms with E-state index in [1.165, 1.54) is 11.1 Å². The monoisotopic (exact) mass is 325 g/mol. The molecule has 1 amide bonds. The van der Waals surface area contributed by atoms with E-state index in [9.17, 15) is 9.59 Å². The smallest absolute Gasteiger partial charge is 0.220 e. The average molecular weight is 325 g/mol. The molecule has 0 saturated heterocycles. The maximum absolute atomic E-state index is 12.1. The average Bonchev–Trinajstić information content (AvgIpc) is 2.60. The minimum atomic E-state index is -0.0930. The van der Waals surface area contributed by atoms with Gasteiger partial charge in [-0.2, -0.15) is 0 Å². The van der Waals surface area contributed by atoms with E-state index < -0.39 is 0 Å². The summed E-state index contributed by atoms with van der Waals surface area (Å²) in [6.07, 6.45) is 1.21. The summed E-state index contributed by atoms with van der Waals surface area (Å²) in [5.74, 6) is 0.580. The normalized spacial score (nSPS) is 10.2. The first kappa shape index (κ1) is 17.7. The molecule has 0 atom stereocenters. The molecule has 0 aliphatic carbocycles. The number of aryl methyl sites for hydroxylation is 1. The van der Waals surface area contributed by atoms with Crippen molar-refractivity contribution in [2.45, 2.75) is 26.2 Å². The highest BCUT2D eigenvalue weighted by atomic mass is 16.5. The zero-order valence-electron chi connectivity index (χ0n) is 14.2. The van der Waals surface area contributed by atoms with Gasteiger partial charge in [0, 0.05) is 24.9 Å². The fraction of sp³-hybridized carbons (Fsp3) is 0.300. The Morgan fingerprint density at radius 3 is 2.46 bits per heavy atom. The molecular weight excluding hydrogens is 302 g/mol. The quantitative estimate of drug-likeness (QED) is 0.758. The molecule has 2 rings (SSSR count). The van der Waals surface area contributed by atoms with Gasteiger partial charge in [0.15, 0.2) is 5.78 Å². The van der Waals surface area contributed by atoms with E-state index in [0.29, 0.717) is 17.9 Å². The molecule has 0 unspecified atom stereocenters. The zero-order chi connectivity index (χ0) is 17.4. The highest BCUT2D eigenvalue weighted by molar-refractivity contribution is 5.98. The second-order valence-corrected chi connectivity index (χ2v) is 5.74. The molecule has 0 bridgehead atoms. The molecular formula is C20H23NO3. The van der Waals surface area contributed by atoms with Crippen LogP contribution in [0.25, 0.3) is 0 Å². The Kier molecular flexibility index (Phi) is 6.55. The standard InChI is InChI=1S/C20H23NO3/c1-15-4-3-5-16(14-15)12-13-21-20(23)11-10-19(22)17-6-8-18(24-2)9-7-17/h3-9,14H,10-13H2,1-2H3,(H,21,23). The Bertz CT molecular complexity index is 692. The number of ether oxygens (including phenoxy) is 1. The summed E-state index contributed by atoms with van der Waals surface area (Å²) in [4.78, 5) is 23.9. The van der Waals surface area contributed by atoms with Gasteiger partial charge in [-0.25, -0.2) is 0 Å². The number of hydrogen-bond acceptors (Lipinski definition) is 3. The number of hydrogen-bond donors (Lipinski definition) is 1. The van der Waals surface area contributed by atoms with Crippen molar-refractivity contribution in [3.05, 3.63) is 65.2 Å². The molecule has 0 aliphatic rings. The minimum absolute atomic E-state index is 0.0357. The van der Waals surface area contributed by atoms with Crippen LogP contribution < -0.4 is 10.1 Å². The maximum Gasteiger partial charge on any atom is 0.220 e. The topological polar surface area (TPSA) is 55.4 Å². The lowest BCUT2D eigenvalue weighted by molar-refractivity contribution is -0.121. The van der Waals surface area contributed by atoms with Gasteiger partial charge in [-0.3, -0.25) is 9.59 Å². The summed E-state index contributed by atoms with van der Waals surface area (Å²) in [6.45, 7) is 2.63. The van der Waals surface area contributed by atoms with Crippen molar-refractivity contribution in [3.8, 4) is 5.75 Å². The van der Waals surface area contributed by atoms with E-state index >= 15 is 0 Å². The lowest BCUT2D eigenvalue weighted by Crippen LogP contribution is -2.26. The van der Waals surface area contributed by atoms with Crippen LogP contribution in [0, 0.1) is 6.92 Å². The van der Waals surface area contributed by atoms with Gasteiger partial charge in [0.05, 0.1) is 7.11 Å². The maximum atomic E-state index is 12.1. The number of carbonyl (C=O) groups is 2. The van der Waals surface area contributed by atoms with E-state index in [1.54, 1.807) is 31.4 Å². The van der Waals surface area contributed by atoms with Crippen LogP contribution in [0.15, 0.2) is 48.5 Å². The predicted molar refractivity (Wildman–Crippen MR) is 94.5 cm³/mol. The van der Waals surface area contributed by atoms with Crippen LogP contribution in [0.5, 0.6) is 5.75 Å². The molecule has 0 radical (unpaired) electrons. The highest BCUT2D eigenvalue weighted by Crippen LogP contribution is 2.13. The number of amides is 1. The van der Waals surface area contributed by atoms with Gasteiger partial charge in [-0.05, 0) is 43.2 Å². The predicted octanol–water partition coefficient (Wildman–Crippen LogP) is 3.33. The zero-order valence-corrected chi connectivity index (χ0v) is 14.2. The molecule has 0 aromatic heterocycles. The first-order chi connectivity index (χ1) is 11.6. The third-order valence-corrected chi connectivity index (χ3v) is 3.81. The van der Waals surface area contributed by atoms with Gasteiger partial charge in [-0.15, -0.1) is 0 Å². The van der Waals surface area contributed by atoms with E-state index in [-0.39, 0.29) is 24.5 Å². The van der Waals surface area contributed by atoms with Crippen molar-refractivity contribution >= 4 is 11.7 Å². The molecule has 2 aromatic carbocycles. The molecule has 0 fully saturated rings. The van der Waals surface area contributed by atoms with Crippen LogP contribution in [0.4, 0.5) is 0 Å². The first-order valence-corrected chi connectivity index (χ1v) is 8.08. The number of benzene rings is 2. The molecule has 126 valence electrons. The van der Waals surface area contributed by atoms with Crippen LogP contribution in [0.2, 0.25) is 0 Å². The van der Waals surface area contributed by atoms with Crippen molar-refractivity contribution in [2.75, 3.05) is 13.7 Å². The van der Waals surface area contributed by atoms with E-state index in [1.807, 2.05) is 25.1 Å². The van der Waals surface area contributed by atoms with Gasteiger partial charge in [0.25, 0.3) is 0 Å². The van der Waals surface area contributed by atoms with Crippen molar-refractivity contribution in [1.29, 1.82) is 0 Å². The third-order valence-electron chi connectivity index (χ3n) is 3.81. The van der Waals surface area contributed by atoms with Gasteiger partial charge in [-0.1, -0.05) is 29.8 Å². The highest BCUT2D eigenvalue weighted by Gasteiger charge is 2.09. The Labute approximate surface area is 142 Å². The summed E-state index contributed by atoms with van der Waals surface area (Å²) in [5.41, 5.74) is 3.01. The lowest BCUT2D eigenvalue weighted by Gasteiger charge is -2.06. The van der Waals surface area contributed by atoms with Crippen LogP contribution in [0.3, 0.4) is 0 Å². The van der Waals surface area contributed by atoms with E-state index in [4.69, 9.17) is 4.74 Å². The van der Waals surface area contributed by atoms with Crippen molar-refractivity contribution in [3.63, 3.8) is 0 Å². The fourth-order valence-corrected chi connectivity index (χ4v) is 2.45. The fourth-order valence-electron chi connectivity index (χ4n) is 2.45. The molecule has 0 heterocycles. The Morgan fingerprint density at radius 2 is 1.79 bits per heavy atom. The summed E-state index contributed by atoms with van der Waals surface area (Å²) >= 11 is 0. The molecule has 24 heavy (non-hydrogen) atoms. The van der Waals surface area contributed by atoms with Crippen LogP contribution in [-0.2, 0) is 11.2 Å². The molecule has 4 heteroatoms. The van der Waals surface area contributed by atoms with Gasteiger partial charge >= 0.3 is 0 Å². The molecule has 0 spiro atoms. The molecule has 0 aliphatic heterocycles. The van der Waals surface area contributed by atoms with Crippen molar-refractivity contribution in [1.82, 2.24) is 5.32 Å². The summed E-state index contributed by atoms with van der Waals surface area (Å²) in [7, 11) is 1.58. The summed E-state index contributed by atoms with van der Waals surface area (Å²) in [5, 5.41) is 2.86. The van der Waals surface area contributed by atoms with Crippen molar-refractivity contribution in [2.24, 2.45) is 0 Å². The Hall–Kier alpha value is -2.62. The SMILES string of the molecule is COc1ccc(C(=O)CCC(=O)NCCc2cccc(C)c2)cc1. The number of ketones is 1. The van der Waals surface area contributed by atoms with E-state index in [0.717, 1.165) is 6.42 Å². The van der Waals surface area contributed by atoms with Gasteiger partial charge in [0.1, 0.15) is 5.75 Å². The van der Waals surface area contributed by atoms with Crippen LogP contribution in [0.1, 0.15) is 34.3 Å². The second-order valence-electron chi connectivity index (χ2n) is 5.74. The first-order valence-electron chi connectivity index (χ1n) is 8.08. The Morgan fingerprint density at radius 1 is 1.04 bits per heavy atom. The van der Waals surface area contributed by atoms with Crippen LogP contribution in [-0.4, -0.2) is 25.3 Å². The Balaban J connectivity index is 1.71. The van der Waals surface area contributed by atoms with E-state index in [2.05, 4.69) is 11.4 Å². The lowest BCUT2D eigenvalue weighted by atomic mass is 10.1. The van der Waals surface area contributed by atoms with Gasteiger partial charge < -0.3 is 10.1 Å². The number of Topliss-reactive ketones (excluding diaryl/α,β-unsaturated/α-hetero) is 1. The molecule has 1 N–H and O–H groups in total.